The molecule has 0 amide bonds. The van der Waals surface area contributed by atoms with E-state index in [1.807, 2.05) is 42.1 Å². The number of aromatic nitrogens is 1. The number of aryl methyl sites for hydroxylation is 1. The summed E-state index contributed by atoms with van der Waals surface area (Å²) < 4.78 is 1.90. The summed E-state index contributed by atoms with van der Waals surface area (Å²) >= 11 is 0. The van der Waals surface area contributed by atoms with Gasteiger partial charge in [0.15, 0.2) is 5.78 Å². The number of hydrogen-bond acceptors (Lipinski definition) is 4. The number of anilines is 1. The zero-order valence-corrected chi connectivity index (χ0v) is 15.3. The Bertz CT molecular complexity index is 805. The molecule has 2 aromatic rings. The van der Waals surface area contributed by atoms with Crippen LogP contribution in [0.15, 0.2) is 36.5 Å². The SMILES string of the molecule is Cn1cccc1C(=O)C1CCN([C@H]2Cc3c(N)cccc3C[C@@H]2O)CC1. The Morgan fingerprint density at radius 2 is 1.92 bits per heavy atom. The molecule has 0 radical (unpaired) electrons. The molecule has 1 aliphatic heterocycles. The van der Waals surface area contributed by atoms with Crippen LogP contribution in [-0.4, -0.2) is 45.6 Å². The van der Waals surface area contributed by atoms with Gasteiger partial charge in [-0.15, -0.1) is 0 Å². The van der Waals surface area contributed by atoms with Gasteiger partial charge in [0, 0.05) is 37.3 Å². The van der Waals surface area contributed by atoms with Gasteiger partial charge in [-0.05, 0) is 61.7 Å². The fraction of sp³-hybridized carbons (Fsp3) is 0.476. The molecule has 2 heterocycles. The second-order valence-electron chi connectivity index (χ2n) is 7.71. The van der Waals surface area contributed by atoms with Gasteiger partial charge in [-0.2, -0.15) is 0 Å². The summed E-state index contributed by atoms with van der Waals surface area (Å²) in [6.45, 7) is 1.70. The summed E-state index contributed by atoms with van der Waals surface area (Å²) in [6.07, 6.45) is 4.70. The maximum atomic E-state index is 12.7. The van der Waals surface area contributed by atoms with Crippen LogP contribution in [0.5, 0.6) is 0 Å². The van der Waals surface area contributed by atoms with E-state index in [4.69, 9.17) is 5.73 Å². The fourth-order valence-corrected chi connectivity index (χ4v) is 4.59. The molecule has 0 bridgehead atoms. The van der Waals surface area contributed by atoms with Crippen molar-refractivity contribution < 1.29 is 9.90 Å². The molecule has 5 nitrogen and oxygen atoms in total. The van der Waals surface area contributed by atoms with Gasteiger partial charge in [0.25, 0.3) is 0 Å². The summed E-state index contributed by atoms with van der Waals surface area (Å²) in [6, 6.07) is 9.89. The first-order chi connectivity index (χ1) is 12.5. The molecule has 1 aromatic carbocycles. The highest BCUT2D eigenvalue weighted by Gasteiger charge is 2.36. The summed E-state index contributed by atoms with van der Waals surface area (Å²) in [5.41, 5.74) is 10.1. The molecular formula is C21H27N3O2. The molecule has 26 heavy (non-hydrogen) atoms. The molecule has 2 atom stereocenters. The van der Waals surface area contributed by atoms with Gasteiger partial charge in [0.05, 0.1) is 11.8 Å². The van der Waals surface area contributed by atoms with Crippen LogP contribution >= 0.6 is 0 Å². The Morgan fingerprint density at radius 1 is 1.15 bits per heavy atom. The minimum Gasteiger partial charge on any atom is -0.398 e. The molecule has 2 aliphatic rings. The van der Waals surface area contributed by atoms with Crippen LogP contribution < -0.4 is 5.73 Å². The second kappa shape index (κ2) is 6.89. The normalized spacial score (nSPS) is 24.4. The first-order valence-electron chi connectivity index (χ1n) is 9.48. The highest BCUT2D eigenvalue weighted by Crippen LogP contribution is 2.31. The number of nitrogen functional groups attached to an aromatic ring is 1. The third-order valence-electron chi connectivity index (χ3n) is 6.16. The van der Waals surface area contributed by atoms with E-state index in [2.05, 4.69) is 11.0 Å². The minimum absolute atomic E-state index is 0.0814. The zero-order valence-electron chi connectivity index (χ0n) is 15.3. The van der Waals surface area contributed by atoms with Crippen molar-refractivity contribution >= 4 is 11.5 Å². The van der Waals surface area contributed by atoms with E-state index in [9.17, 15) is 9.90 Å². The summed E-state index contributed by atoms with van der Waals surface area (Å²) in [5.74, 6) is 0.328. The van der Waals surface area contributed by atoms with E-state index in [0.29, 0.717) is 6.42 Å². The molecule has 3 N–H and O–H groups in total. The molecule has 138 valence electrons. The molecule has 0 spiro atoms. The molecule has 1 saturated heterocycles. The average Bonchev–Trinajstić information content (AvgIpc) is 3.07. The number of fused-ring (bicyclic) bond motifs is 1. The Morgan fingerprint density at radius 3 is 2.62 bits per heavy atom. The second-order valence-corrected chi connectivity index (χ2v) is 7.71. The fourth-order valence-electron chi connectivity index (χ4n) is 4.59. The van der Waals surface area contributed by atoms with Crippen molar-refractivity contribution in [2.24, 2.45) is 13.0 Å². The van der Waals surface area contributed by atoms with Gasteiger partial charge in [0.2, 0.25) is 0 Å². The number of aliphatic hydroxyl groups excluding tert-OH is 1. The number of ketones is 1. The van der Waals surface area contributed by atoms with E-state index in [-0.39, 0.29) is 23.8 Å². The summed E-state index contributed by atoms with van der Waals surface area (Å²) in [5, 5.41) is 10.7. The van der Waals surface area contributed by atoms with Gasteiger partial charge in [-0.25, -0.2) is 0 Å². The molecule has 1 aromatic heterocycles. The maximum Gasteiger partial charge on any atom is 0.182 e. The van der Waals surface area contributed by atoms with E-state index < -0.39 is 0 Å². The molecule has 4 rings (SSSR count). The van der Waals surface area contributed by atoms with Crippen LogP contribution in [-0.2, 0) is 19.9 Å². The summed E-state index contributed by atoms with van der Waals surface area (Å²) in [4.78, 5) is 15.1. The van der Waals surface area contributed by atoms with Gasteiger partial charge in [-0.3, -0.25) is 9.69 Å². The molecule has 0 saturated carbocycles. The van der Waals surface area contributed by atoms with Gasteiger partial charge < -0.3 is 15.4 Å². The number of nitrogens with zero attached hydrogens (tertiary/aromatic N) is 2. The zero-order chi connectivity index (χ0) is 18.3. The van der Waals surface area contributed by atoms with Crippen molar-refractivity contribution in [1.82, 2.24) is 9.47 Å². The highest BCUT2D eigenvalue weighted by molar-refractivity contribution is 5.96. The van der Waals surface area contributed by atoms with E-state index in [1.54, 1.807) is 0 Å². The number of carbonyl (C=O) groups is 1. The van der Waals surface area contributed by atoms with Crippen LogP contribution in [0.4, 0.5) is 5.69 Å². The van der Waals surface area contributed by atoms with Crippen LogP contribution in [0, 0.1) is 5.92 Å². The Kier molecular flexibility index (Phi) is 4.59. The van der Waals surface area contributed by atoms with Crippen LogP contribution in [0.25, 0.3) is 0 Å². The lowest BCUT2D eigenvalue weighted by molar-refractivity contribution is 0.0239. The van der Waals surface area contributed by atoms with Crippen molar-refractivity contribution in [2.75, 3.05) is 18.8 Å². The van der Waals surface area contributed by atoms with E-state index >= 15 is 0 Å². The number of piperidine rings is 1. The van der Waals surface area contributed by atoms with Crippen LogP contribution in [0.1, 0.15) is 34.5 Å². The molecule has 5 heteroatoms. The number of carbonyl (C=O) groups excluding carboxylic acids is 1. The molecule has 1 fully saturated rings. The third kappa shape index (κ3) is 3.06. The predicted octanol–water partition coefficient (Wildman–Crippen LogP) is 2.03. The summed E-state index contributed by atoms with van der Waals surface area (Å²) in [7, 11) is 1.92. The van der Waals surface area contributed by atoms with Gasteiger partial charge in [-0.1, -0.05) is 12.1 Å². The van der Waals surface area contributed by atoms with Crippen molar-refractivity contribution in [3.63, 3.8) is 0 Å². The quantitative estimate of drug-likeness (QED) is 0.654. The lowest BCUT2D eigenvalue weighted by Gasteiger charge is -2.42. The monoisotopic (exact) mass is 353 g/mol. The van der Waals surface area contributed by atoms with Gasteiger partial charge in [0.1, 0.15) is 0 Å². The molecule has 0 unspecified atom stereocenters. The lowest BCUT2D eigenvalue weighted by Crippen LogP contribution is -2.51. The maximum absolute atomic E-state index is 12.7. The van der Waals surface area contributed by atoms with E-state index in [1.165, 1.54) is 11.1 Å². The Balaban J connectivity index is 1.43. The van der Waals surface area contributed by atoms with Crippen molar-refractivity contribution in [3.05, 3.63) is 53.3 Å². The van der Waals surface area contributed by atoms with Gasteiger partial charge >= 0.3 is 0 Å². The molecular weight excluding hydrogens is 326 g/mol. The Hall–Kier alpha value is -2.11. The van der Waals surface area contributed by atoms with Crippen molar-refractivity contribution in [1.29, 1.82) is 0 Å². The first kappa shape index (κ1) is 17.3. The largest absolute Gasteiger partial charge is 0.398 e. The lowest BCUT2D eigenvalue weighted by atomic mass is 9.82. The number of hydrogen-bond donors (Lipinski definition) is 2. The average molecular weight is 353 g/mol. The predicted molar refractivity (Wildman–Crippen MR) is 102 cm³/mol. The third-order valence-corrected chi connectivity index (χ3v) is 6.16. The van der Waals surface area contributed by atoms with Crippen LogP contribution in [0.3, 0.4) is 0 Å². The smallest absolute Gasteiger partial charge is 0.182 e. The standard InChI is InChI=1S/C21H27N3O2/c1-23-9-3-6-18(23)21(26)14-7-10-24(11-8-14)19-13-16-15(12-20(19)25)4-2-5-17(16)22/h2-6,9,14,19-20,25H,7-8,10-13,22H2,1H3/t19-,20-/m0/s1. The van der Waals surface area contributed by atoms with Crippen molar-refractivity contribution in [2.45, 2.75) is 37.8 Å². The first-order valence-corrected chi connectivity index (χ1v) is 9.48. The number of aliphatic hydroxyl groups is 1. The number of Topliss-reactive ketones (excluding diaryl/α,β-unsaturated/α-hetero) is 1. The number of rotatable bonds is 3. The van der Waals surface area contributed by atoms with Crippen molar-refractivity contribution in [3.8, 4) is 0 Å². The number of nitrogens with two attached hydrogens (primary N) is 1. The minimum atomic E-state index is -0.371. The van der Waals surface area contributed by atoms with Crippen LogP contribution in [0.2, 0.25) is 0 Å². The number of likely N-dealkylation sites (tertiary alicyclic amines) is 1. The highest BCUT2D eigenvalue weighted by atomic mass is 16.3. The topological polar surface area (TPSA) is 71.5 Å². The molecule has 1 aliphatic carbocycles. The number of benzene rings is 1. The Labute approximate surface area is 154 Å². The van der Waals surface area contributed by atoms with E-state index in [0.717, 1.165) is 43.7 Å².